The monoisotopic (exact) mass is 196 g/mol. The van der Waals surface area contributed by atoms with Gasteiger partial charge in [-0.15, -0.1) is 0 Å². The summed E-state index contributed by atoms with van der Waals surface area (Å²) in [7, 11) is 0. The first kappa shape index (κ1) is 11.5. The number of nitrogens with zero attached hydrogens (tertiary/aromatic N) is 1. The lowest BCUT2D eigenvalue weighted by Gasteiger charge is -2.28. The first-order valence-corrected chi connectivity index (χ1v) is 5.59. The molecule has 2 N–H and O–H groups in total. The van der Waals surface area contributed by atoms with Crippen LogP contribution in [0.1, 0.15) is 39.0 Å². The molecular weight excluding hydrogens is 176 g/mol. The minimum atomic E-state index is -0.267. The minimum Gasteiger partial charge on any atom is -0.392 e. The first-order chi connectivity index (χ1) is 6.77. The molecule has 3 unspecified atom stereocenters. The van der Waals surface area contributed by atoms with Crippen molar-refractivity contribution in [2.45, 2.75) is 51.2 Å². The van der Waals surface area contributed by atoms with Gasteiger partial charge in [0, 0.05) is 12.6 Å². The van der Waals surface area contributed by atoms with Gasteiger partial charge in [-0.2, -0.15) is 5.26 Å². The maximum atomic E-state index is 9.40. The fourth-order valence-corrected chi connectivity index (χ4v) is 1.96. The zero-order chi connectivity index (χ0) is 10.4. The summed E-state index contributed by atoms with van der Waals surface area (Å²) in [4.78, 5) is 0. The highest BCUT2D eigenvalue weighted by molar-refractivity contribution is 4.94. The van der Waals surface area contributed by atoms with Crippen molar-refractivity contribution >= 4 is 0 Å². The van der Waals surface area contributed by atoms with Gasteiger partial charge in [0.1, 0.15) is 0 Å². The highest BCUT2D eigenvalue weighted by atomic mass is 16.3. The van der Waals surface area contributed by atoms with E-state index in [0.717, 1.165) is 19.3 Å². The van der Waals surface area contributed by atoms with Gasteiger partial charge < -0.3 is 10.4 Å². The van der Waals surface area contributed by atoms with Crippen LogP contribution in [0, 0.1) is 17.2 Å². The normalized spacial score (nSPS) is 29.5. The summed E-state index contributed by atoms with van der Waals surface area (Å²) in [6, 6.07) is 2.65. The van der Waals surface area contributed by atoms with Crippen LogP contribution in [-0.2, 0) is 0 Å². The van der Waals surface area contributed by atoms with Crippen molar-refractivity contribution in [3.8, 4) is 6.07 Å². The fourth-order valence-electron chi connectivity index (χ4n) is 1.96. The molecule has 14 heavy (non-hydrogen) atoms. The molecule has 0 saturated heterocycles. The molecule has 0 aromatic heterocycles. The Bertz CT molecular complexity index is 200. The third-order valence-electron chi connectivity index (χ3n) is 3.02. The molecule has 1 aliphatic carbocycles. The molecule has 3 nitrogen and oxygen atoms in total. The number of nitrogens with one attached hydrogen (secondary N) is 1. The van der Waals surface area contributed by atoms with Gasteiger partial charge in [-0.05, 0) is 19.3 Å². The van der Waals surface area contributed by atoms with Crippen LogP contribution in [0.2, 0.25) is 0 Å². The van der Waals surface area contributed by atoms with E-state index in [2.05, 4.69) is 11.4 Å². The average molecular weight is 196 g/mol. The predicted octanol–water partition coefficient (Wildman–Crippen LogP) is 1.43. The molecule has 1 aliphatic rings. The number of aliphatic hydroxyl groups excluding tert-OH is 1. The Balaban J connectivity index is 2.30. The lowest BCUT2D eigenvalue weighted by Crippen LogP contribution is -2.41. The predicted molar refractivity (Wildman–Crippen MR) is 55.7 cm³/mol. The van der Waals surface area contributed by atoms with Crippen LogP contribution in [0.4, 0.5) is 0 Å². The van der Waals surface area contributed by atoms with Gasteiger partial charge in [-0.3, -0.25) is 0 Å². The van der Waals surface area contributed by atoms with Crippen LogP contribution in [0.5, 0.6) is 0 Å². The summed E-state index contributed by atoms with van der Waals surface area (Å²) < 4.78 is 0. The van der Waals surface area contributed by atoms with Crippen molar-refractivity contribution in [2.75, 3.05) is 6.54 Å². The second kappa shape index (κ2) is 6.00. The van der Waals surface area contributed by atoms with Crippen molar-refractivity contribution in [3.63, 3.8) is 0 Å². The number of hydrogen-bond acceptors (Lipinski definition) is 3. The molecule has 0 spiro atoms. The van der Waals surface area contributed by atoms with Crippen molar-refractivity contribution in [2.24, 2.45) is 5.92 Å². The molecule has 0 radical (unpaired) electrons. The molecule has 80 valence electrons. The quantitative estimate of drug-likeness (QED) is 0.715. The summed E-state index contributed by atoms with van der Waals surface area (Å²) >= 11 is 0. The second-order valence-electron chi connectivity index (χ2n) is 4.10. The van der Waals surface area contributed by atoms with Crippen molar-refractivity contribution in [3.05, 3.63) is 0 Å². The number of nitriles is 1. The Morgan fingerprint density at radius 3 is 2.86 bits per heavy atom. The number of rotatable bonds is 4. The lowest BCUT2D eigenvalue weighted by atomic mass is 9.85. The van der Waals surface area contributed by atoms with E-state index in [1.807, 2.05) is 6.92 Å². The van der Waals surface area contributed by atoms with Crippen LogP contribution < -0.4 is 5.32 Å². The molecule has 1 fully saturated rings. The molecule has 1 rings (SSSR count). The zero-order valence-corrected chi connectivity index (χ0v) is 8.87. The van der Waals surface area contributed by atoms with Gasteiger partial charge in [0.25, 0.3) is 0 Å². The van der Waals surface area contributed by atoms with Gasteiger partial charge >= 0.3 is 0 Å². The summed E-state index contributed by atoms with van der Waals surface area (Å²) in [6.07, 6.45) is 4.98. The third kappa shape index (κ3) is 3.28. The second-order valence-corrected chi connectivity index (χ2v) is 4.10. The van der Waals surface area contributed by atoms with Gasteiger partial charge in [0.2, 0.25) is 0 Å². The Hall–Kier alpha value is -0.590. The Kier molecular flexibility index (Phi) is 4.92. The molecule has 3 atom stereocenters. The van der Waals surface area contributed by atoms with Gasteiger partial charge in [-0.25, -0.2) is 0 Å². The van der Waals surface area contributed by atoms with E-state index in [0.29, 0.717) is 12.6 Å². The van der Waals surface area contributed by atoms with E-state index >= 15 is 0 Å². The van der Waals surface area contributed by atoms with E-state index in [1.54, 1.807) is 0 Å². The highest BCUT2D eigenvalue weighted by Gasteiger charge is 2.24. The van der Waals surface area contributed by atoms with E-state index < -0.39 is 0 Å². The average Bonchev–Trinajstić information content (AvgIpc) is 2.26. The van der Waals surface area contributed by atoms with Crippen LogP contribution in [0.15, 0.2) is 0 Å². The van der Waals surface area contributed by atoms with Crippen molar-refractivity contribution in [1.29, 1.82) is 5.26 Å². The summed E-state index contributed by atoms with van der Waals surface area (Å²) in [5.74, 6) is 0.146. The van der Waals surface area contributed by atoms with Crippen LogP contribution >= 0.6 is 0 Å². The molecule has 3 heteroatoms. The maximum absolute atomic E-state index is 9.40. The number of hydrogen-bond donors (Lipinski definition) is 2. The van der Waals surface area contributed by atoms with E-state index in [9.17, 15) is 5.11 Å². The van der Waals surface area contributed by atoms with E-state index in [-0.39, 0.29) is 12.0 Å². The standard InChI is InChI=1S/C11H20N2O/c1-2-10(14)8-13-11-6-4-3-5-9(11)7-12/h9-11,13-14H,2-6,8H2,1H3. The largest absolute Gasteiger partial charge is 0.392 e. The first-order valence-electron chi connectivity index (χ1n) is 5.59. The summed E-state index contributed by atoms with van der Waals surface area (Å²) in [5.41, 5.74) is 0. The smallest absolute Gasteiger partial charge is 0.0672 e. The Labute approximate surface area is 86.1 Å². The Morgan fingerprint density at radius 2 is 2.21 bits per heavy atom. The highest BCUT2D eigenvalue weighted by Crippen LogP contribution is 2.23. The molecule has 0 aromatic rings. The van der Waals surface area contributed by atoms with E-state index in [4.69, 9.17) is 5.26 Å². The summed E-state index contributed by atoms with van der Waals surface area (Å²) in [5, 5.41) is 21.6. The minimum absolute atomic E-state index is 0.146. The summed E-state index contributed by atoms with van der Waals surface area (Å²) in [6.45, 7) is 2.59. The van der Waals surface area contributed by atoms with Gasteiger partial charge in [0.05, 0.1) is 18.1 Å². The molecule has 0 aliphatic heterocycles. The maximum Gasteiger partial charge on any atom is 0.0672 e. The molecule has 0 amide bonds. The van der Waals surface area contributed by atoms with Crippen molar-refractivity contribution < 1.29 is 5.11 Å². The SMILES string of the molecule is CCC(O)CNC1CCCCC1C#N. The molecular formula is C11H20N2O. The topological polar surface area (TPSA) is 56.0 Å². The van der Waals surface area contributed by atoms with Crippen LogP contribution in [-0.4, -0.2) is 23.8 Å². The van der Waals surface area contributed by atoms with Crippen molar-refractivity contribution in [1.82, 2.24) is 5.32 Å². The van der Waals surface area contributed by atoms with Crippen LogP contribution in [0.25, 0.3) is 0 Å². The molecule has 1 saturated carbocycles. The Morgan fingerprint density at radius 1 is 1.50 bits per heavy atom. The molecule has 0 bridgehead atoms. The zero-order valence-electron chi connectivity index (χ0n) is 8.87. The molecule has 0 heterocycles. The number of aliphatic hydroxyl groups is 1. The van der Waals surface area contributed by atoms with Gasteiger partial charge in [0.15, 0.2) is 0 Å². The van der Waals surface area contributed by atoms with Gasteiger partial charge in [-0.1, -0.05) is 19.8 Å². The lowest BCUT2D eigenvalue weighted by molar-refractivity contribution is 0.155. The fraction of sp³-hybridized carbons (Fsp3) is 0.909. The van der Waals surface area contributed by atoms with Crippen LogP contribution in [0.3, 0.4) is 0 Å². The molecule has 0 aromatic carbocycles. The van der Waals surface area contributed by atoms with E-state index in [1.165, 1.54) is 12.8 Å². The third-order valence-corrected chi connectivity index (χ3v) is 3.02.